The lowest BCUT2D eigenvalue weighted by atomic mass is 9.89. The van der Waals surface area contributed by atoms with Gasteiger partial charge in [-0.3, -0.25) is 0 Å². The summed E-state index contributed by atoms with van der Waals surface area (Å²) >= 11 is 0. The molecule has 1 heteroatoms. The molecule has 0 saturated carbocycles. The van der Waals surface area contributed by atoms with Crippen molar-refractivity contribution in [3.63, 3.8) is 0 Å². The van der Waals surface area contributed by atoms with Gasteiger partial charge in [-0.05, 0) is 62.6 Å². The van der Waals surface area contributed by atoms with Gasteiger partial charge in [-0.2, -0.15) is 0 Å². The van der Waals surface area contributed by atoms with Crippen LogP contribution < -0.4 is 5.32 Å². The second-order valence-electron chi connectivity index (χ2n) is 5.55. The molecular formula is C17H25N. The Bertz CT molecular complexity index is 408. The summed E-state index contributed by atoms with van der Waals surface area (Å²) in [7, 11) is 0. The van der Waals surface area contributed by atoms with Crippen LogP contribution in [0.15, 0.2) is 30.9 Å². The van der Waals surface area contributed by atoms with Crippen molar-refractivity contribution in [1.82, 2.24) is 5.32 Å². The first-order valence-electron chi connectivity index (χ1n) is 7.19. The maximum atomic E-state index is 3.80. The number of nitrogens with one attached hydrogen (secondary N) is 1. The summed E-state index contributed by atoms with van der Waals surface area (Å²) in [5.74, 6) is 0. The minimum absolute atomic E-state index is 0.423. The minimum atomic E-state index is 0.423. The van der Waals surface area contributed by atoms with Crippen molar-refractivity contribution < 1.29 is 0 Å². The molecule has 1 nitrogen and oxygen atoms in total. The van der Waals surface area contributed by atoms with Crippen molar-refractivity contribution in [2.45, 2.75) is 58.0 Å². The summed E-state index contributed by atoms with van der Waals surface area (Å²) in [6.07, 6.45) is 8.25. The van der Waals surface area contributed by atoms with Gasteiger partial charge in [0.25, 0.3) is 0 Å². The fourth-order valence-corrected chi connectivity index (χ4v) is 2.86. The van der Waals surface area contributed by atoms with Gasteiger partial charge in [0.1, 0.15) is 0 Å². The fourth-order valence-electron chi connectivity index (χ4n) is 2.86. The molecule has 0 fully saturated rings. The molecule has 0 bridgehead atoms. The molecule has 0 aromatic heterocycles. The normalized spacial score (nSPS) is 17.9. The van der Waals surface area contributed by atoms with E-state index >= 15 is 0 Å². The van der Waals surface area contributed by atoms with Crippen LogP contribution in [0.5, 0.6) is 0 Å². The summed E-state index contributed by atoms with van der Waals surface area (Å²) < 4.78 is 0. The van der Waals surface area contributed by atoms with Gasteiger partial charge in [0.15, 0.2) is 0 Å². The highest BCUT2D eigenvalue weighted by atomic mass is 14.9. The van der Waals surface area contributed by atoms with E-state index in [0.717, 1.165) is 6.42 Å². The predicted molar refractivity (Wildman–Crippen MR) is 78.9 cm³/mol. The number of hydrogen-bond acceptors (Lipinski definition) is 1. The number of hydrogen-bond donors (Lipinski definition) is 1. The van der Waals surface area contributed by atoms with Crippen LogP contribution >= 0.6 is 0 Å². The summed E-state index contributed by atoms with van der Waals surface area (Å²) in [5.41, 5.74) is 4.56. The van der Waals surface area contributed by atoms with Crippen molar-refractivity contribution in [3.05, 3.63) is 47.5 Å². The van der Waals surface area contributed by atoms with Crippen LogP contribution in [0.2, 0.25) is 0 Å². The Balaban J connectivity index is 2.06. The molecule has 0 amide bonds. The monoisotopic (exact) mass is 243 g/mol. The predicted octanol–water partition coefficient (Wildman–Crippen LogP) is 4.18. The molecule has 98 valence electrons. The summed E-state index contributed by atoms with van der Waals surface area (Å²) in [6, 6.07) is 7.95. The first-order chi connectivity index (χ1) is 8.70. The van der Waals surface area contributed by atoms with E-state index in [2.05, 4.69) is 43.9 Å². The third kappa shape index (κ3) is 3.23. The van der Waals surface area contributed by atoms with Gasteiger partial charge in [0, 0.05) is 12.1 Å². The van der Waals surface area contributed by atoms with E-state index in [1.54, 1.807) is 11.1 Å². The number of aryl methyl sites for hydroxylation is 2. The van der Waals surface area contributed by atoms with Gasteiger partial charge in [0.2, 0.25) is 0 Å². The summed E-state index contributed by atoms with van der Waals surface area (Å²) in [5, 5.41) is 3.63. The number of benzene rings is 1. The van der Waals surface area contributed by atoms with Crippen LogP contribution in [0, 0.1) is 0 Å². The molecule has 1 aliphatic carbocycles. The van der Waals surface area contributed by atoms with Crippen molar-refractivity contribution >= 4 is 0 Å². The third-order valence-corrected chi connectivity index (χ3v) is 3.93. The molecule has 1 aromatic rings. The van der Waals surface area contributed by atoms with Crippen molar-refractivity contribution in [3.8, 4) is 0 Å². The second kappa shape index (κ2) is 6.19. The lowest BCUT2D eigenvalue weighted by Crippen LogP contribution is -2.28. The third-order valence-electron chi connectivity index (χ3n) is 3.93. The largest absolute Gasteiger partial charge is 0.307 e. The maximum Gasteiger partial charge on any atom is 0.0294 e. The molecule has 1 N–H and O–H groups in total. The van der Waals surface area contributed by atoms with Gasteiger partial charge in [-0.15, -0.1) is 6.58 Å². The molecule has 0 radical (unpaired) electrons. The SMILES string of the molecule is C=CCC(C)NC(C)c1ccc2c(c1)CCCC2. The molecule has 1 aliphatic rings. The lowest BCUT2D eigenvalue weighted by molar-refractivity contribution is 0.482. The summed E-state index contributed by atoms with van der Waals surface area (Å²) in [6.45, 7) is 8.27. The van der Waals surface area contributed by atoms with Crippen LogP contribution in [0.4, 0.5) is 0 Å². The van der Waals surface area contributed by atoms with Gasteiger partial charge in [-0.1, -0.05) is 24.3 Å². The van der Waals surface area contributed by atoms with Crippen LogP contribution in [0.25, 0.3) is 0 Å². The van der Waals surface area contributed by atoms with E-state index in [1.165, 1.54) is 31.2 Å². The Morgan fingerprint density at radius 1 is 1.22 bits per heavy atom. The molecular weight excluding hydrogens is 218 g/mol. The van der Waals surface area contributed by atoms with Crippen LogP contribution in [-0.2, 0) is 12.8 Å². The second-order valence-corrected chi connectivity index (χ2v) is 5.55. The van der Waals surface area contributed by atoms with Crippen molar-refractivity contribution in [1.29, 1.82) is 0 Å². The number of rotatable bonds is 5. The average Bonchev–Trinajstić information content (AvgIpc) is 2.38. The standard InChI is InChI=1S/C17H25N/c1-4-7-13(2)18-14(3)16-11-10-15-8-5-6-9-17(15)12-16/h4,10-14,18H,1,5-9H2,2-3H3. The maximum absolute atomic E-state index is 3.80. The van der Waals surface area contributed by atoms with Crippen molar-refractivity contribution in [2.75, 3.05) is 0 Å². The molecule has 2 rings (SSSR count). The van der Waals surface area contributed by atoms with E-state index in [9.17, 15) is 0 Å². The Morgan fingerprint density at radius 3 is 2.67 bits per heavy atom. The fraction of sp³-hybridized carbons (Fsp3) is 0.529. The highest BCUT2D eigenvalue weighted by Gasteiger charge is 2.13. The van der Waals surface area contributed by atoms with Gasteiger partial charge in [0.05, 0.1) is 0 Å². The Kier molecular flexibility index (Phi) is 4.60. The Morgan fingerprint density at radius 2 is 1.94 bits per heavy atom. The van der Waals surface area contributed by atoms with Crippen LogP contribution in [-0.4, -0.2) is 6.04 Å². The minimum Gasteiger partial charge on any atom is -0.307 e. The molecule has 2 unspecified atom stereocenters. The van der Waals surface area contributed by atoms with E-state index in [0.29, 0.717) is 12.1 Å². The summed E-state index contributed by atoms with van der Waals surface area (Å²) in [4.78, 5) is 0. The number of fused-ring (bicyclic) bond motifs is 1. The van der Waals surface area contributed by atoms with Crippen LogP contribution in [0.1, 0.15) is 55.8 Å². The van der Waals surface area contributed by atoms with E-state index in [4.69, 9.17) is 0 Å². The molecule has 18 heavy (non-hydrogen) atoms. The Labute approximate surface area is 111 Å². The first-order valence-corrected chi connectivity index (χ1v) is 7.19. The van der Waals surface area contributed by atoms with Crippen molar-refractivity contribution in [2.24, 2.45) is 0 Å². The zero-order chi connectivity index (χ0) is 13.0. The zero-order valence-electron chi connectivity index (χ0n) is 11.7. The van der Waals surface area contributed by atoms with E-state index < -0.39 is 0 Å². The molecule has 1 aromatic carbocycles. The Hall–Kier alpha value is -1.08. The molecule has 0 spiro atoms. The van der Waals surface area contributed by atoms with E-state index in [-0.39, 0.29) is 0 Å². The molecule has 0 saturated heterocycles. The lowest BCUT2D eigenvalue weighted by Gasteiger charge is -2.22. The van der Waals surface area contributed by atoms with Gasteiger partial charge >= 0.3 is 0 Å². The van der Waals surface area contributed by atoms with E-state index in [1.807, 2.05) is 6.08 Å². The average molecular weight is 243 g/mol. The molecule has 0 heterocycles. The topological polar surface area (TPSA) is 12.0 Å². The first kappa shape index (κ1) is 13.4. The van der Waals surface area contributed by atoms with Gasteiger partial charge < -0.3 is 5.32 Å². The quantitative estimate of drug-likeness (QED) is 0.765. The highest BCUT2D eigenvalue weighted by molar-refractivity contribution is 5.35. The highest BCUT2D eigenvalue weighted by Crippen LogP contribution is 2.25. The zero-order valence-corrected chi connectivity index (χ0v) is 11.7. The van der Waals surface area contributed by atoms with Gasteiger partial charge in [-0.25, -0.2) is 0 Å². The molecule has 2 atom stereocenters. The molecule has 0 aliphatic heterocycles. The smallest absolute Gasteiger partial charge is 0.0294 e. The van der Waals surface area contributed by atoms with Crippen LogP contribution in [0.3, 0.4) is 0 Å².